The van der Waals surface area contributed by atoms with Gasteiger partial charge in [0.25, 0.3) is 0 Å². The maximum atomic E-state index is 12.6. The number of ether oxygens (including phenoxy) is 2. The summed E-state index contributed by atoms with van der Waals surface area (Å²) in [6.07, 6.45) is 35.4. The van der Waals surface area contributed by atoms with Crippen molar-refractivity contribution in [2.45, 2.75) is 200 Å². The van der Waals surface area contributed by atoms with Crippen LogP contribution in [0.5, 0.6) is 0 Å². The molecule has 0 aromatic heterocycles. The number of phosphoric acid groups is 1. The molecule has 0 saturated carbocycles. The van der Waals surface area contributed by atoms with Gasteiger partial charge in [0.05, 0.1) is 27.7 Å². The first-order valence-electron chi connectivity index (χ1n) is 21.4. The summed E-state index contributed by atoms with van der Waals surface area (Å²) in [4.78, 5) is 35.3. The normalized spacial score (nSPS) is 13.7. The smallest absolute Gasteiger partial charge is 0.462 e. The zero-order valence-corrected chi connectivity index (χ0v) is 35.5. The van der Waals surface area contributed by atoms with Gasteiger partial charge >= 0.3 is 19.8 Å². The molecule has 1 unspecified atom stereocenters. The molecule has 0 rings (SSSR count). The summed E-state index contributed by atoms with van der Waals surface area (Å²) in [5.41, 5.74) is 0. The Morgan fingerprint density at radius 1 is 0.577 bits per heavy atom. The van der Waals surface area contributed by atoms with Crippen molar-refractivity contribution in [1.29, 1.82) is 0 Å². The van der Waals surface area contributed by atoms with Crippen LogP contribution in [0.25, 0.3) is 0 Å². The fourth-order valence-corrected chi connectivity index (χ4v) is 6.63. The highest BCUT2D eigenvalue weighted by atomic mass is 31.2. The van der Waals surface area contributed by atoms with Gasteiger partial charge in [0.1, 0.15) is 19.8 Å². The summed E-state index contributed by atoms with van der Waals surface area (Å²) >= 11 is 0. The molecule has 0 amide bonds. The number of carbonyl (C=O) groups excluding carboxylic acids is 2. The fourth-order valence-electron chi connectivity index (χ4n) is 5.89. The van der Waals surface area contributed by atoms with Crippen LogP contribution in [0, 0.1) is 0 Å². The Hall–Kier alpha value is -1.25. The Labute approximate surface area is 320 Å². The maximum absolute atomic E-state index is 12.6. The van der Waals surface area contributed by atoms with Crippen LogP contribution < -0.4 is 0 Å². The number of hydrogen-bond acceptors (Lipinski definition) is 7. The molecule has 0 spiro atoms. The molecule has 52 heavy (non-hydrogen) atoms. The Morgan fingerprint density at radius 3 is 1.42 bits per heavy atom. The van der Waals surface area contributed by atoms with Gasteiger partial charge < -0.3 is 18.9 Å². The maximum Gasteiger partial charge on any atom is 0.472 e. The first kappa shape index (κ1) is 50.8. The van der Waals surface area contributed by atoms with Gasteiger partial charge in [-0.1, -0.05) is 154 Å². The molecule has 1 N–H and O–H groups in total. The van der Waals surface area contributed by atoms with E-state index in [1.165, 1.54) is 128 Å². The van der Waals surface area contributed by atoms with E-state index in [4.69, 9.17) is 18.5 Å². The SMILES string of the molecule is CCCCCCCC/C=C/CCCCCCCCCC(=O)OC[C@@H](COP(=O)(O)OCC[N+](C)(C)C)OC(=O)CCCCCCCCCCCCC. The van der Waals surface area contributed by atoms with Crippen LogP contribution in [0.1, 0.15) is 194 Å². The molecule has 0 heterocycles. The lowest BCUT2D eigenvalue weighted by atomic mass is 10.1. The quantitative estimate of drug-likeness (QED) is 0.0217. The van der Waals surface area contributed by atoms with Crippen molar-refractivity contribution in [3.63, 3.8) is 0 Å². The molecule has 0 aliphatic rings. The third kappa shape index (κ3) is 38.5. The van der Waals surface area contributed by atoms with Gasteiger partial charge in [-0.15, -0.1) is 0 Å². The average Bonchev–Trinajstić information content (AvgIpc) is 3.09. The van der Waals surface area contributed by atoms with Crippen molar-refractivity contribution in [3.05, 3.63) is 12.2 Å². The molecule has 308 valence electrons. The van der Waals surface area contributed by atoms with Crippen LogP contribution in [0.15, 0.2) is 12.2 Å². The van der Waals surface area contributed by atoms with Crippen molar-refractivity contribution in [1.82, 2.24) is 0 Å². The van der Waals surface area contributed by atoms with E-state index in [9.17, 15) is 19.0 Å². The predicted molar refractivity (Wildman–Crippen MR) is 215 cm³/mol. The second kappa shape index (κ2) is 35.5. The topological polar surface area (TPSA) is 108 Å². The lowest BCUT2D eigenvalue weighted by molar-refractivity contribution is -0.870. The molecule has 10 heteroatoms. The van der Waals surface area contributed by atoms with Crippen LogP contribution in [0.4, 0.5) is 0 Å². The number of nitrogens with zero attached hydrogens (tertiary/aromatic N) is 1. The molecule has 0 aliphatic heterocycles. The predicted octanol–water partition coefficient (Wildman–Crippen LogP) is 11.8. The Kier molecular flexibility index (Phi) is 34.6. The largest absolute Gasteiger partial charge is 0.472 e. The zero-order chi connectivity index (χ0) is 38.6. The second-order valence-electron chi connectivity index (χ2n) is 15.7. The summed E-state index contributed by atoms with van der Waals surface area (Å²) in [6, 6.07) is 0. The van der Waals surface area contributed by atoms with Crippen LogP contribution >= 0.6 is 7.82 Å². The van der Waals surface area contributed by atoms with Crippen LogP contribution in [-0.2, 0) is 32.7 Å². The highest BCUT2D eigenvalue weighted by Gasteiger charge is 2.27. The monoisotopic (exact) mass is 761 g/mol. The van der Waals surface area contributed by atoms with E-state index in [0.29, 0.717) is 17.4 Å². The summed E-state index contributed by atoms with van der Waals surface area (Å²) < 4.78 is 34.2. The van der Waals surface area contributed by atoms with Crippen molar-refractivity contribution < 1.29 is 42.1 Å². The molecule has 0 aromatic carbocycles. The molecule has 0 aromatic rings. The van der Waals surface area contributed by atoms with Crippen LogP contribution in [0.3, 0.4) is 0 Å². The van der Waals surface area contributed by atoms with E-state index in [-0.39, 0.29) is 32.0 Å². The van der Waals surface area contributed by atoms with Crippen molar-refractivity contribution in [3.8, 4) is 0 Å². The minimum atomic E-state index is -4.36. The van der Waals surface area contributed by atoms with Crippen molar-refractivity contribution in [2.75, 3.05) is 47.5 Å². The Balaban J connectivity index is 4.32. The Bertz CT molecular complexity index is 907. The number of esters is 2. The van der Waals surface area contributed by atoms with Crippen LogP contribution in [-0.4, -0.2) is 74.9 Å². The molecule has 0 radical (unpaired) electrons. The van der Waals surface area contributed by atoms with Crippen molar-refractivity contribution >= 4 is 19.8 Å². The first-order chi connectivity index (χ1) is 25.0. The zero-order valence-electron chi connectivity index (χ0n) is 34.6. The highest BCUT2D eigenvalue weighted by molar-refractivity contribution is 7.47. The first-order valence-corrected chi connectivity index (χ1v) is 22.9. The minimum Gasteiger partial charge on any atom is -0.462 e. The standard InChI is InChI=1S/C42H82NO8P/c1-6-8-10-12-14-16-18-19-20-21-22-23-25-26-28-30-32-34-41(44)48-38-40(39-50-52(46,47)49-37-36-43(3,4)5)51-42(45)35-33-31-29-27-24-17-15-13-11-9-7-2/h19-20,40H,6-18,21-39H2,1-5H3/p+1/b20-19+/t40-/m0/s1. The van der Waals surface area contributed by atoms with E-state index in [2.05, 4.69) is 26.0 Å². The van der Waals surface area contributed by atoms with Crippen LogP contribution in [0.2, 0.25) is 0 Å². The van der Waals surface area contributed by atoms with E-state index in [1.807, 2.05) is 21.1 Å². The van der Waals surface area contributed by atoms with Gasteiger partial charge in [-0.3, -0.25) is 18.6 Å². The lowest BCUT2D eigenvalue weighted by Gasteiger charge is -2.24. The average molecular weight is 761 g/mol. The number of unbranched alkanes of at least 4 members (excludes halogenated alkanes) is 23. The number of phosphoric ester groups is 1. The molecule has 0 fully saturated rings. The van der Waals surface area contributed by atoms with Gasteiger partial charge in [-0.25, -0.2) is 4.57 Å². The number of allylic oxidation sites excluding steroid dienone is 2. The second-order valence-corrected chi connectivity index (χ2v) is 17.2. The summed E-state index contributed by atoms with van der Waals surface area (Å²) in [6.45, 7) is 4.42. The third-order valence-corrected chi connectivity index (χ3v) is 10.3. The molecule has 2 atom stereocenters. The summed E-state index contributed by atoms with van der Waals surface area (Å²) in [7, 11) is 1.48. The lowest BCUT2D eigenvalue weighted by Crippen LogP contribution is -2.37. The van der Waals surface area contributed by atoms with Gasteiger partial charge in [-0.2, -0.15) is 0 Å². The third-order valence-electron chi connectivity index (χ3n) is 9.30. The molecule has 0 saturated heterocycles. The number of hydrogen-bond donors (Lipinski definition) is 1. The van der Waals surface area contributed by atoms with Crippen molar-refractivity contribution in [2.24, 2.45) is 0 Å². The molecular weight excluding hydrogens is 677 g/mol. The van der Waals surface area contributed by atoms with Gasteiger partial charge in [0, 0.05) is 12.8 Å². The fraction of sp³-hybridized carbons (Fsp3) is 0.905. The highest BCUT2D eigenvalue weighted by Crippen LogP contribution is 2.43. The summed E-state index contributed by atoms with van der Waals surface area (Å²) in [5, 5.41) is 0. The van der Waals surface area contributed by atoms with E-state index in [0.717, 1.165) is 32.1 Å². The summed E-state index contributed by atoms with van der Waals surface area (Å²) in [5.74, 6) is -0.797. The molecule has 0 bridgehead atoms. The van der Waals surface area contributed by atoms with Gasteiger partial charge in [-0.05, 0) is 38.5 Å². The van der Waals surface area contributed by atoms with Gasteiger partial charge in [0.15, 0.2) is 6.10 Å². The van der Waals surface area contributed by atoms with E-state index < -0.39 is 26.5 Å². The molecule has 0 aliphatic carbocycles. The number of quaternary nitrogens is 1. The number of carbonyl (C=O) groups is 2. The van der Waals surface area contributed by atoms with E-state index >= 15 is 0 Å². The molecule has 9 nitrogen and oxygen atoms in total. The minimum absolute atomic E-state index is 0.0340. The number of likely N-dealkylation sites (N-methyl/N-ethyl adjacent to an activating group) is 1. The number of rotatable bonds is 39. The van der Waals surface area contributed by atoms with Gasteiger partial charge in [0.2, 0.25) is 0 Å². The Morgan fingerprint density at radius 2 is 0.981 bits per heavy atom. The molecular formula is C42H83NO8P+. The van der Waals surface area contributed by atoms with E-state index in [1.54, 1.807) is 0 Å².